The molecule has 0 amide bonds. The number of phenolic OH excluding ortho intramolecular Hbond substituents is 1. The molecule has 0 bridgehead atoms. The van der Waals surface area contributed by atoms with Crippen molar-refractivity contribution in [3.63, 3.8) is 0 Å². The van der Waals surface area contributed by atoms with Crippen LogP contribution in [0.2, 0.25) is 0 Å². The third-order valence-electron chi connectivity index (χ3n) is 2.06. The van der Waals surface area contributed by atoms with Crippen molar-refractivity contribution in [2.45, 2.75) is 11.8 Å². The van der Waals surface area contributed by atoms with Gasteiger partial charge in [-0.1, -0.05) is 12.1 Å². The molecular formula is C9H7ClO2. The van der Waals surface area contributed by atoms with Gasteiger partial charge in [-0.05, 0) is 6.07 Å². The van der Waals surface area contributed by atoms with Gasteiger partial charge in [-0.3, -0.25) is 4.79 Å². The van der Waals surface area contributed by atoms with E-state index in [0.717, 1.165) is 0 Å². The summed E-state index contributed by atoms with van der Waals surface area (Å²) in [6.45, 7) is 0. The predicted octanol–water partition coefficient (Wildman–Crippen LogP) is 2.26. The van der Waals surface area contributed by atoms with E-state index >= 15 is 0 Å². The first kappa shape index (κ1) is 7.62. The van der Waals surface area contributed by atoms with E-state index in [1.165, 1.54) is 0 Å². The lowest BCUT2D eigenvalue weighted by molar-refractivity contribution is 0.0993. The summed E-state index contributed by atoms with van der Waals surface area (Å²) >= 11 is 5.86. The first-order chi connectivity index (χ1) is 5.70. The molecule has 1 aromatic rings. The third-order valence-corrected chi connectivity index (χ3v) is 2.43. The molecule has 0 saturated carbocycles. The quantitative estimate of drug-likeness (QED) is 0.625. The number of Topliss-reactive ketones (excluding diaryl/α,β-unsaturated/α-hetero) is 1. The van der Waals surface area contributed by atoms with Gasteiger partial charge in [0.2, 0.25) is 0 Å². The number of alkyl halides is 1. The van der Waals surface area contributed by atoms with Crippen molar-refractivity contribution in [2.75, 3.05) is 0 Å². The molecule has 0 radical (unpaired) electrons. The average molecular weight is 183 g/mol. The summed E-state index contributed by atoms with van der Waals surface area (Å²) in [5.74, 6) is 0.138. The predicted molar refractivity (Wildman–Crippen MR) is 45.6 cm³/mol. The van der Waals surface area contributed by atoms with E-state index in [1.54, 1.807) is 18.2 Å². The summed E-state index contributed by atoms with van der Waals surface area (Å²) in [4.78, 5) is 11.2. The molecule has 0 aromatic heterocycles. The van der Waals surface area contributed by atoms with E-state index in [9.17, 15) is 9.90 Å². The SMILES string of the molecule is O=C1CC(Cl)c2c(O)cccc21. The molecule has 0 saturated heterocycles. The average Bonchev–Trinajstić information content (AvgIpc) is 2.29. The molecule has 62 valence electrons. The van der Waals surface area contributed by atoms with E-state index < -0.39 is 0 Å². The Kier molecular flexibility index (Phi) is 1.58. The van der Waals surface area contributed by atoms with Crippen LogP contribution in [0.4, 0.5) is 0 Å². The van der Waals surface area contributed by atoms with Crippen LogP contribution < -0.4 is 0 Å². The molecule has 3 heteroatoms. The molecule has 1 N–H and O–H groups in total. The van der Waals surface area contributed by atoms with Crippen molar-refractivity contribution in [1.29, 1.82) is 0 Å². The zero-order chi connectivity index (χ0) is 8.72. The lowest BCUT2D eigenvalue weighted by Crippen LogP contribution is -1.89. The number of fused-ring (bicyclic) bond motifs is 1. The van der Waals surface area contributed by atoms with Crippen molar-refractivity contribution in [3.8, 4) is 5.75 Å². The van der Waals surface area contributed by atoms with Crippen LogP contribution in [0.25, 0.3) is 0 Å². The Bertz CT molecular complexity index is 346. The van der Waals surface area contributed by atoms with E-state index in [2.05, 4.69) is 0 Å². The highest BCUT2D eigenvalue weighted by molar-refractivity contribution is 6.25. The van der Waals surface area contributed by atoms with Crippen molar-refractivity contribution in [2.24, 2.45) is 0 Å². The largest absolute Gasteiger partial charge is 0.508 e. The van der Waals surface area contributed by atoms with Gasteiger partial charge in [0.25, 0.3) is 0 Å². The number of halogens is 1. The minimum Gasteiger partial charge on any atom is -0.508 e. The third kappa shape index (κ3) is 0.916. The van der Waals surface area contributed by atoms with E-state index in [0.29, 0.717) is 17.5 Å². The lowest BCUT2D eigenvalue weighted by atomic mass is 10.1. The number of aromatic hydroxyl groups is 1. The zero-order valence-corrected chi connectivity index (χ0v) is 7.01. The second kappa shape index (κ2) is 2.49. The van der Waals surface area contributed by atoms with E-state index in [-0.39, 0.29) is 16.9 Å². The number of carbonyl (C=O) groups is 1. The first-order valence-electron chi connectivity index (χ1n) is 3.69. The summed E-state index contributed by atoms with van der Waals surface area (Å²) in [7, 11) is 0. The highest BCUT2D eigenvalue weighted by atomic mass is 35.5. The first-order valence-corrected chi connectivity index (χ1v) is 4.13. The molecule has 1 aliphatic carbocycles. The molecule has 2 nitrogen and oxygen atoms in total. The summed E-state index contributed by atoms with van der Waals surface area (Å²) in [6.07, 6.45) is 0.300. The molecule has 1 aliphatic rings. The number of hydrogen-bond acceptors (Lipinski definition) is 2. The minimum atomic E-state index is -0.353. The fourth-order valence-corrected chi connectivity index (χ4v) is 1.87. The van der Waals surface area contributed by atoms with Crippen molar-refractivity contribution < 1.29 is 9.90 Å². The molecule has 0 spiro atoms. The van der Waals surface area contributed by atoms with E-state index in [4.69, 9.17) is 11.6 Å². The second-order valence-electron chi connectivity index (χ2n) is 2.83. The van der Waals surface area contributed by atoms with Crippen LogP contribution in [0.5, 0.6) is 5.75 Å². The van der Waals surface area contributed by atoms with Crippen LogP contribution in [-0.4, -0.2) is 10.9 Å². The van der Waals surface area contributed by atoms with Gasteiger partial charge in [0.15, 0.2) is 5.78 Å². The van der Waals surface area contributed by atoms with Gasteiger partial charge in [0.1, 0.15) is 5.75 Å². The van der Waals surface area contributed by atoms with Crippen LogP contribution in [0.15, 0.2) is 18.2 Å². The van der Waals surface area contributed by atoms with Crippen molar-refractivity contribution in [1.82, 2.24) is 0 Å². The number of carbonyl (C=O) groups excluding carboxylic acids is 1. The number of rotatable bonds is 0. The molecule has 1 atom stereocenters. The standard InChI is InChI=1S/C9H7ClO2/c10-6-4-8(12)5-2-1-3-7(11)9(5)6/h1-3,6,11H,4H2. The summed E-state index contributed by atoms with van der Waals surface area (Å²) in [5, 5.41) is 9.03. The topological polar surface area (TPSA) is 37.3 Å². The number of hydrogen-bond donors (Lipinski definition) is 1. The Labute approximate surface area is 74.8 Å². The van der Waals surface area contributed by atoms with Gasteiger partial charge < -0.3 is 5.11 Å². The molecule has 1 aromatic carbocycles. The number of ketones is 1. The molecular weight excluding hydrogens is 176 g/mol. The van der Waals surface area contributed by atoms with Crippen molar-refractivity contribution in [3.05, 3.63) is 29.3 Å². The van der Waals surface area contributed by atoms with Gasteiger partial charge in [0, 0.05) is 17.5 Å². The van der Waals surface area contributed by atoms with Crippen LogP contribution >= 0.6 is 11.6 Å². The molecule has 1 unspecified atom stereocenters. The maximum Gasteiger partial charge on any atom is 0.165 e. The summed E-state index contributed by atoms with van der Waals surface area (Å²) < 4.78 is 0. The fourth-order valence-electron chi connectivity index (χ4n) is 1.50. The van der Waals surface area contributed by atoms with Gasteiger partial charge in [-0.25, -0.2) is 0 Å². The lowest BCUT2D eigenvalue weighted by Gasteiger charge is -2.02. The highest BCUT2D eigenvalue weighted by Gasteiger charge is 2.29. The summed E-state index contributed by atoms with van der Waals surface area (Å²) in [6, 6.07) is 4.90. The van der Waals surface area contributed by atoms with Gasteiger partial charge in [-0.2, -0.15) is 0 Å². The summed E-state index contributed by atoms with van der Waals surface area (Å²) in [5.41, 5.74) is 1.15. The monoisotopic (exact) mass is 182 g/mol. The normalized spacial score (nSPS) is 21.1. The fraction of sp³-hybridized carbons (Fsp3) is 0.222. The zero-order valence-electron chi connectivity index (χ0n) is 6.25. The Morgan fingerprint density at radius 2 is 2.25 bits per heavy atom. The Morgan fingerprint density at radius 1 is 1.50 bits per heavy atom. The minimum absolute atomic E-state index is 0.0147. The smallest absolute Gasteiger partial charge is 0.165 e. The Hall–Kier alpha value is -1.02. The van der Waals surface area contributed by atoms with Gasteiger partial charge in [0.05, 0.1) is 5.38 Å². The van der Waals surface area contributed by atoms with E-state index in [1.807, 2.05) is 0 Å². The Morgan fingerprint density at radius 3 is 2.92 bits per heavy atom. The maximum atomic E-state index is 11.2. The highest BCUT2D eigenvalue weighted by Crippen LogP contribution is 2.40. The maximum absolute atomic E-state index is 11.2. The number of phenols is 1. The van der Waals surface area contributed by atoms with Crippen LogP contribution in [-0.2, 0) is 0 Å². The second-order valence-corrected chi connectivity index (χ2v) is 3.36. The van der Waals surface area contributed by atoms with Crippen molar-refractivity contribution >= 4 is 17.4 Å². The van der Waals surface area contributed by atoms with Gasteiger partial charge in [-0.15, -0.1) is 11.6 Å². The Balaban J connectivity index is 2.67. The van der Waals surface area contributed by atoms with Crippen LogP contribution in [0, 0.1) is 0 Å². The molecule has 0 aliphatic heterocycles. The molecule has 2 rings (SSSR count). The van der Waals surface area contributed by atoms with Crippen LogP contribution in [0.1, 0.15) is 27.7 Å². The molecule has 12 heavy (non-hydrogen) atoms. The number of benzene rings is 1. The van der Waals surface area contributed by atoms with Gasteiger partial charge >= 0.3 is 0 Å². The molecule has 0 fully saturated rings. The van der Waals surface area contributed by atoms with Crippen LogP contribution in [0.3, 0.4) is 0 Å². The molecule has 0 heterocycles.